The van der Waals surface area contributed by atoms with E-state index >= 15 is 0 Å². The Kier molecular flexibility index (Phi) is 4.57. The number of carbonyl (C=O) groups is 1. The number of carbonyl (C=O) groups excluding carboxylic acids is 1. The SMILES string of the molecule is Cc1cccc2c(CC(C)NC(=O)Cn3cnc4c3c(=O)[nH]c(=O)n4C)c[nH]c12. The maximum Gasteiger partial charge on any atom is 0.329 e. The van der Waals surface area contributed by atoms with Gasteiger partial charge in [0.1, 0.15) is 6.54 Å². The van der Waals surface area contributed by atoms with Crippen molar-refractivity contribution >= 4 is 28.0 Å². The van der Waals surface area contributed by atoms with Gasteiger partial charge in [-0.3, -0.25) is 19.1 Å². The van der Waals surface area contributed by atoms with Crippen LogP contribution in [0.1, 0.15) is 18.1 Å². The minimum atomic E-state index is -0.560. The second-order valence-electron chi connectivity index (χ2n) is 7.35. The van der Waals surface area contributed by atoms with Crippen LogP contribution in [0.3, 0.4) is 0 Å². The monoisotopic (exact) mass is 394 g/mol. The fourth-order valence-electron chi connectivity index (χ4n) is 3.69. The zero-order valence-electron chi connectivity index (χ0n) is 16.4. The molecule has 3 aromatic heterocycles. The van der Waals surface area contributed by atoms with Crippen LogP contribution in [-0.2, 0) is 24.8 Å². The predicted molar refractivity (Wildman–Crippen MR) is 110 cm³/mol. The molecule has 0 radical (unpaired) electrons. The number of H-pyrrole nitrogens is 2. The maximum atomic E-state index is 12.5. The van der Waals surface area contributed by atoms with Crippen LogP contribution < -0.4 is 16.6 Å². The summed E-state index contributed by atoms with van der Waals surface area (Å²) < 4.78 is 2.69. The first kappa shape index (κ1) is 18.7. The van der Waals surface area contributed by atoms with E-state index in [-0.39, 0.29) is 29.7 Å². The second-order valence-corrected chi connectivity index (χ2v) is 7.35. The molecule has 0 aliphatic carbocycles. The number of nitrogens with one attached hydrogen (secondary N) is 3. The number of aryl methyl sites for hydroxylation is 2. The summed E-state index contributed by atoms with van der Waals surface area (Å²) in [6, 6.07) is 6.05. The van der Waals surface area contributed by atoms with Gasteiger partial charge in [0.25, 0.3) is 5.56 Å². The lowest BCUT2D eigenvalue weighted by Crippen LogP contribution is -2.37. The summed E-state index contributed by atoms with van der Waals surface area (Å²) in [6.45, 7) is 3.94. The molecule has 0 saturated carbocycles. The number of fused-ring (bicyclic) bond motifs is 2. The summed E-state index contributed by atoms with van der Waals surface area (Å²) >= 11 is 0. The third-order valence-electron chi connectivity index (χ3n) is 5.13. The first-order valence-corrected chi connectivity index (χ1v) is 9.34. The number of hydrogen-bond acceptors (Lipinski definition) is 4. The molecule has 1 aromatic carbocycles. The average molecular weight is 394 g/mol. The summed E-state index contributed by atoms with van der Waals surface area (Å²) in [6.07, 6.45) is 4.05. The highest BCUT2D eigenvalue weighted by molar-refractivity contribution is 5.86. The molecular formula is C20H22N6O3. The lowest BCUT2D eigenvalue weighted by molar-refractivity contribution is -0.122. The van der Waals surface area contributed by atoms with E-state index < -0.39 is 11.2 Å². The molecule has 3 N–H and O–H groups in total. The van der Waals surface area contributed by atoms with Crippen molar-refractivity contribution in [3.05, 3.63) is 62.7 Å². The molecule has 4 aromatic rings. The van der Waals surface area contributed by atoms with Gasteiger partial charge in [0.2, 0.25) is 5.91 Å². The van der Waals surface area contributed by atoms with Crippen molar-refractivity contribution < 1.29 is 4.79 Å². The molecule has 9 nitrogen and oxygen atoms in total. The minimum Gasteiger partial charge on any atom is -0.361 e. The Morgan fingerprint density at radius 2 is 2.10 bits per heavy atom. The fourth-order valence-corrected chi connectivity index (χ4v) is 3.69. The number of aromatic nitrogens is 5. The maximum absolute atomic E-state index is 12.5. The van der Waals surface area contributed by atoms with Gasteiger partial charge in [-0.05, 0) is 31.4 Å². The van der Waals surface area contributed by atoms with Crippen LogP contribution >= 0.6 is 0 Å². The van der Waals surface area contributed by atoms with Gasteiger partial charge >= 0.3 is 5.69 Å². The predicted octanol–water partition coefficient (Wildman–Crippen LogP) is 0.960. The molecule has 4 rings (SSSR count). The van der Waals surface area contributed by atoms with Crippen molar-refractivity contribution in [2.75, 3.05) is 0 Å². The van der Waals surface area contributed by atoms with E-state index in [1.807, 2.05) is 19.2 Å². The number of rotatable bonds is 5. The van der Waals surface area contributed by atoms with Crippen molar-refractivity contribution in [1.29, 1.82) is 0 Å². The summed E-state index contributed by atoms with van der Waals surface area (Å²) in [7, 11) is 1.52. The van der Waals surface area contributed by atoms with Gasteiger partial charge in [0.05, 0.1) is 6.33 Å². The highest BCUT2D eigenvalue weighted by atomic mass is 16.2. The molecular weight excluding hydrogens is 372 g/mol. The van der Waals surface area contributed by atoms with Gasteiger partial charge in [-0.1, -0.05) is 18.2 Å². The van der Waals surface area contributed by atoms with Gasteiger partial charge in [-0.15, -0.1) is 0 Å². The van der Waals surface area contributed by atoms with Crippen molar-refractivity contribution in [2.24, 2.45) is 7.05 Å². The molecule has 1 amide bonds. The van der Waals surface area contributed by atoms with Gasteiger partial charge in [-0.25, -0.2) is 9.78 Å². The first-order chi connectivity index (χ1) is 13.8. The van der Waals surface area contributed by atoms with Crippen LogP contribution in [0.15, 0.2) is 40.3 Å². The van der Waals surface area contributed by atoms with Crippen LogP contribution in [-0.4, -0.2) is 36.0 Å². The number of imidazole rings is 1. The molecule has 0 bridgehead atoms. The molecule has 3 heterocycles. The molecule has 0 spiro atoms. The number of aromatic amines is 2. The highest BCUT2D eigenvalue weighted by Crippen LogP contribution is 2.22. The van der Waals surface area contributed by atoms with Crippen molar-refractivity contribution in [2.45, 2.75) is 32.9 Å². The Labute approximate surface area is 165 Å². The molecule has 150 valence electrons. The summed E-state index contributed by atoms with van der Waals surface area (Å²) in [4.78, 5) is 46.0. The third kappa shape index (κ3) is 3.35. The number of hydrogen-bond donors (Lipinski definition) is 3. The number of para-hydroxylation sites is 1. The van der Waals surface area contributed by atoms with E-state index in [4.69, 9.17) is 0 Å². The number of nitrogens with zero attached hydrogens (tertiary/aromatic N) is 3. The van der Waals surface area contributed by atoms with Crippen LogP contribution in [0, 0.1) is 6.92 Å². The van der Waals surface area contributed by atoms with Gasteiger partial charge < -0.3 is 14.9 Å². The van der Waals surface area contributed by atoms with E-state index in [2.05, 4.69) is 39.3 Å². The number of amides is 1. The molecule has 0 aliphatic rings. The van der Waals surface area contributed by atoms with Crippen LogP contribution in [0.4, 0.5) is 0 Å². The second kappa shape index (κ2) is 7.08. The van der Waals surface area contributed by atoms with Crippen LogP contribution in [0.5, 0.6) is 0 Å². The topological polar surface area (TPSA) is 118 Å². The zero-order chi connectivity index (χ0) is 20.7. The first-order valence-electron chi connectivity index (χ1n) is 9.34. The molecule has 0 fully saturated rings. The molecule has 9 heteroatoms. The quantitative estimate of drug-likeness (QED) is 0.467. The van der Waals surface area contributed by atoms with E-state index in [0.717, 1.165) is 16.5 Å². The summed E-state index contributed by atoms with van der Waals surface area (Å²) in [5, 5.41) is 4.12. The Bertz CT molecular complexity index is 1340. The Morgan fingerprint density at radius 1 is 1.31 bits per heavy atom. The van der Waals surface area contributed by atoms with Gasteiger partial charge in [0.15, 0.2) is 11.2 Å². The van der Waals surface area contributed by atoms with Crippen LogP contribution in [0.25, 0.3) is 22.1 Å². The average Bonchev–Trinajstić information content (AvgIpc) is 3.25. The smallest absolute Gasteiger partial charge is 0.329 e. The van der Waals surface area contributed by atoms with Crippen molar-refractivity contribution in [1.82, 2.24) is 29.4 Å². The Morgan fingerprint density at radius 3 is 2.90 bits per heavy atom. The van der Waals surface area contributed by atoms with E-state index in [1.165, 1.54) is 28.1 Å². The minimum absolute atomic E-state index is 0.0604. The Balaban J connectivity index is 1.49. The van der Waals surface area contributed by atoms with Gasteiger partial charge in [-0.2, -0.15) is 0 Å². The third-order valence-corrected chi connectivity index (χ3v) is 5.13. The van der Waals surface area contributed by atoms with E-state index in [0.29, 0.717) is 6.42 Å². The van der Waals surface area contributed by atoms with E-state index in [1.54, 1.807) is 0 Å². The molecule has 0 saturated heterocycles. The lowest BCUT2D eigenvalue weighted by atomic mass is 10.0. The molecule has 1 unspecified atom stereocenters. The van der Waals surface area contributed by atoms with Crippen LogP contribution in [0.2, 0.25) is 0 Å². The lowest BCUT2D eigenvalue weighted by Gasteiger charge is -2.14. The molecule has 29 heavy (non-hydrogen) atoms. The highest BCUT2D eigenvalue weighted by Gasteiger charge is 2.16. The Hall–Kier alpha value is -3.62. The van der Waals surface area contributed by atoms with Crippen molar-refractivity contribution in [3.8, 4) is 0 Å². The largest absolute Gasteiger partial charge is 0.361 e. The molecule has 1 atom stereocenters. The zero-order valence-corrected chi connectivity index (χ0v) is 16.4. The molecule has 0 aliphatic heterocycles. The standard InChI is InChI=1S/C20H22N6O3/c1-11-5-4-6-14-13(8-21-16(11)14)7-12(2)23-15(27)9-26-10-22-18-17(26)19(28)24-20(29)25(18)3/h4-6,8,10,12,21H,7,9H2,1-3H3,(H,23,27)(H,24,28,29). The summed E-state index contributed by atoms with van der Waals surface area (Å²) in [5.41, 5.74) is 2.76. The normalized spacial score (nSPS) is 12.5. The summed E-state index contributed by atoms with van der Waals surface area (Å²) in [5.74, 6) is -0.235. The van der Waals surface area contributed by atoms with E-state index in [9.17, 15) is 14.4 Å². The number of benzene rings is 1. The fraction of sp³-hybridized carbons (Fsp3) is 0.300. The van der Waals surface area contributed by atoms with Crippen molar-refractivity contribution in [3.63, 3.8) is 0 Å². The van der Waals surface area contributed by atoms with Gasteiger partial charge in [0, 0.05) is 30.2 Å².